The normalized spacial score (nSPS) is 19.0. The van der Waals surface area contributed by atoms with Gasteiger partial charge in [-0.1, -0.05) is 24.8 Å². The number of hydrogen-bond acceptors (Lipinski definition) is 7. The predicted octanol–water partition coefficient (Wildman–Crippen LogP) is 3.45. The van der Waals surface area contributed by atoms with Crippen LogP contribution in [0.25, 0.3) is 0 Å². The summed E-state index contributed by atoms with van der Waals surface area (Å²) in [6.45, 7) is 10.0. The van der Waals surface area contributed by atoms with E-state index in [0.29, 0.717) is 49.9 Å². The van der Waals surface area contributed by atoms with Crippen molar-refractivity contribution in [2.45, 2.75) is 19.4 Å². The topological polar surface area (TPSA) is 92.5 Å². The number of nitrogens with zero attached hydrogens (tertiary/aromatic N) is 2. The third-order valence-corrected chi connectivity index (χ3v) is 6.03. The average Bonchev–Trinajstić information content (AvgIpc) is 3.40. The van der Waals surface area contributed by atoms with Crippen molar-refractivity contribution in [1.82, 2.24) is 9.80 Å². The maximum absolute atomic E-state index is 13.4. The van der Waals surface area contributed by atoms with Crippen molar-refractivity contribution in [3.8, 4) is 5.75 Å². The maximum atomic E-state index is 13.4. The zero-order valence-corrected chi connectivity index (χ0v) is 19.4. The number of morpholine rings is 1. The predicted molar refractivity (Wildman–Crippen MR) is 126 cm³/mol. The van der Waals surface area contributed by atoms with E-state index in [-0.39, 0.29) is 11.3 Å². The molecule has 34 heavy (non-hydrogen) atoms. The quantitative estimate of drug-likeness (QED) is 0.423. The Labute approximate surface area is 199 Å². The summed E-state index contributed by atoms with van der Waals surface area (Å²) in [4.78, 5) is 30.3. The molecule has 180 valence electrons. The number of ether oxygens (including phenoxy) is 2. The lowest BCUT2D eigenvalue weighted by molar-refractivity contribution is -0.129. The van der Waals surface area contributed by atoms with E-state index in [2.05, 4.69) is 11.5 Å². The first kappa shape index (κ1) is 23.8. The first-order valence-corrected chi connectivity index (χ1v) is 11.5. The van der Waals surface area contributed by atoms with Crippen LogP contribution in [0.1, 0.15) is 34.3 Å². The number of carbonyl (C=O) groups is 2. The van der Waals surface area contributed by atoms with Crippen molar-refractivity contribution in [2.24, 2.45) is 0 Å². The number of furan rings is 1. The second-order valence-electron chi connectivity index (χ2n) is 8.38. The molecule has 0 saturated carbocycles. The molecule has 1 fully saturated rings. The molecule has 8 nitrogen and oxygen atoms in total. The highest BCUT2D eigenvalue weighted by molar-refractivity contribution is 6.15. The van der Waals surface area contributed by atoms with E-state index in [0.717, 1.165) is 19.6 Å². The van der Waals surface area contributed by atoms with E-state index >= 15 is 0 Å². The molecule has 0 spiro atoms. The number of Topliss-reactive ketones (excluding diaryl/α,β-unsaturated/α-hetero) is 1. The van der Waals surface area contributed by atoms with Gasteiger partial charge in [-0.15, -0.1) is 0 Å². The molecule has 3 heterocycles. The van der Waals surface area contributed by atoms with Crippen LogP contribution in [0, 0.1) is 6.92 Å². The van der Waals surface area contributed by atoms with Crippen LogP contribution < -0.4 is 4.74 Å². The van der Waals surface area contributed by atoms with Gasteiger partial charge < -0.3 is 23.9 Å². The summed E-state index contributed by atoms with van der Waals surface area (Å²) >= 11 is 0. The Morgan fingerprint density at radius 1 is 1.24 bits per heavy atom. The van der Waals surface area contributed by atoms with Crippen LogP contribution >= 0.6 is 0 Å². The molecule has 8 heteroatoms. The molecular weight excluding hydrogens is 436 g/mol. The first-order chi connectivity index (χ1) is 16.5. The van der Waals surface area contributed by atoms with Crippen LogP contribution in [0.2, 0.25) is 0 Å². The minimum atomic E-state index is -0.748. The smallest absolute Gasteiger partial charge is 0.290 e. The van der Waals surface area contributed by atoms with E-state index in [4.69, 9.17) is 13.9 Å². The number of benzene rings is 1. The van der Waals surface area contributed by atoms with Gasteiger partial charge in [-0.25, -0.2) is 0 Å². The van der Waals surface area contributed by atoms with E-state index < -0.39 is 23.5 Å². The summed E-state index contributed by atoms with van der Waals surface area (Å²) < 4.78 is 16.6. The molecule has 1 amide bonds. The van der Waals surface area contributed by atoms with Crippen molar-refractivity contribution in [3.63, 3.8) is 0 Å². The van der Waals surface area contributed by atoms with Crippen molar-refractivity contribution >= 4 is 11.7 Å². The molecule has 1 aromatic carbocycles. The summed E-state index contributed by atoms with van der Waals surface area (Å²) in [5.41, 5.74) is 0.698. The number of amides is 1. The van der Waals surface area contributed by atoms with E-state index in [1.54, 1.807) is 48.2 Å². The molecule has 2 aliphatic heterocycles. The summed E-state index contributed by atoms with van der Waals surface area (Å²) in [5, 5.41) is 10.8. The van der Waals surface area contributed by atoms with Gasteiger partial charge in [0.2, 0.25) is 5.78 Å². The standard InChI is InChI=1S/C26H30N2O6/c1-3-14-33-20-7-4-6-19(17-20)23-22(24(29)21-9-8-18(2)34-21)25(30)26(31)28(23)11-5-10-27-12-15-32-16-13-27/h3-4,6-9,17,23,30H,1,5,10-16H2,2H3/t23-/m1/s1. The Kier molecular flexibility index (Phi) is 7.49. The van der Waals surface area contributed by atoms with E-state index in [9.17, 15) is 14.7 Å². The van der Waals surface area contributed by atoms with Gasteiger partial charge in [0, 0.05) is 26.2 Å². The SMILES string of the molecule is C=CCOc1cccc([C@@H]2C(C(=O)c3ccc(C)o3)=C(O)C(=O)N2CCCN2CCOCC2)c1. The minimum absolute atomic E-state index is 0.0200. The molecule has 1 N–H and O–H groups in total. The Hall–Kier alpha value is -3.36. The number of carbonyl (C=O) groups excluding carboxylic acids is 2. The third-order valence-electron chi connectivity index (χ3n) is 6.03. The highest BCUT2D eigenvalue weighted by Crippen LogP contribution is 2.40. The molecular formula is C26H30N2O6. The lowest BCUT2D eigenvalue weighted by Gasteiger charge is -2.30. The lowest BCUT2D eigenvalue weighted by atomic mass is 9.95. The monoisotopic (exact) mass is 466 g/mol. The van der Waals surface area contributed by atoms with Crippen LogP contribution in [0.4, 0.5) is 0 Å². The number of aliphatic hydroxyl groups excluding tert-OH is 1. The summed E-state index contributed by atoms with van der Waals surface area (Å²) in [7, 11) is 0. The fourth-order valence-corrected chi connectivity index (χ4v) is 4.37. The second-order valence-corrected chi connectivity index (χ2v) is 8.38. The van der Waals surface area contributed by atoms with Crippen molar-refractivity contribution in [3.05, 3.63) is 77.5 Å². The molecule has 0 aliphatic carbocycles. The second kappa shape index (κ2) is 10.7. The summed E-state index contributed by atoms with van der Waals surface area (Å²) in [5.74, 6) is -0.344. The highest BCUT2D eigenvalue weighted by Gasteiger charge is 2.44. The van der Waals surface area contributed by atoms with Gasteiger partial charge in [-0.05, 0) is 43.2 Å². The van der Waals surface area contributed by atoms with Gasteiger partial charge in [0.25, 0.3) is 5.91 Å². The summed E-state index contributed by atoms with van der Waals surface area (Å²) in [6, 6.07) is 9.71. The van der Waals surface area contributed by atoms with Crippen LogP contribution in [0.5, 0.6) is 5.75 Å². The molecule has 0 unspecified atom stereocenters. The van der Waals surface area contributed by atoms with Crippen molar-refractivity contribution < 1.29 is 28.6 Å². The molecule has 2 aliphatic rings. The Morgan fingerprint density at radius 2 is 2.03 bits per heavy atom. The number of rotatable bonds is 10. The molecule has 4 rings (SSSR count). The lowest BCUT2D eigenvalue weighted by Crippen LogP contribution is -2.39. The van der Waals surface area contributed by atoms with Crippen LogP contribution in [0.15, 0.2) is 64.8 Å². The maximum Gasteiger partial charge on any atom is 0.290 e. The molecule has 2 aromatic rings. The average molecular weight is 467 g/mol. The van der Waals surface area contributed by atoms with Crippen LogP contribution in [-0.4, -0.2) is 72.6 Å². The number of hydrogen-bond donors (Lipinski definition) is 1. The fourth-order valence-electron chi connectivity index (χ4n) is 4.37. The number of ketones is 1. The zero-order chi connectivity index (χ0) is 24.1. The Bertz CT molecular complexity index is 1080. The van der Waals surface area contributed by atoms with Crippen molar-refractivity contribution in [1.29, 1.82) is 0 Å². The molecule has 1 aromatic heterocycles. The third kappa shape index (κ3) is 5.08. The van der Waals surface area contributed by atoms with Gasteiger partial charge >= 0.3 is 0 Å². The first-order valence-electron chi connectivity index (χ1n) is 11.5. The van der Waals surface area contributed by atoms with Crippen molar-refractivity contribution in [2.75, 3.05) is 46.0 Å². The van der Waals surface area contributed by atoms with Gasteiger partial charge in [0.15, 0.2) is 11.5 Å². The highest BCUT2D eigenvalue weighted by atomic mass is 16.5. The van der Waals surface area contributed by atoms with E-state index in [1.807, 2.05) is 6.07 Å². The summed E-state index contributed by atoms with van der Waals surface area (Å²) in [6.07, 6.45) is 2.34. The van der Waals surface area contributed by atoms with Crippen LogP contribution in [-0.2, 0) is 9.53 Å². The fraction of sp³-hybridized carbons (Fsp3) is 0.385. The largest absolute Gasteiger partial charge is 0.503 e. The zero-order valence-electron chi connectivity index (χ0n) is 19.4. The molecule has 0 radical (unpaired) electrons. The molecule has 1 atom stereocenters. The van der Waals surface area contributed by atoms with Gasteiger partial charge in [0.1, 0.15) is 18.1 Å². The van der Waals surface area contributed by atoms with E-state index in [1.165, 1.54) is 0 Å². The Morgan fingerprint density at radius 3 is 2.74 bits per heavy atom. The Balaban J connectivity index is 1.63. The van der Waals surface area contributed by atoms with Gasteiger partial charge in [-0.3, -0.25) is 14.5 Å². The van der Waals surface area contributed by atoms with Gasteiger partial charge in [0.05, 0.1) is 24.8 Å². The number of aryl methyl sites for hydroxylation is 1. The molecule has 0 bridgehead atoms. The number of aliphatic hydroxyl groups is 1. The minimum Gasteiger partial charge on any atom is -0.503 e. The molecule has 1 saturated heterocycles. The van der Waals surface area contributed by atoms with Gasteiger partial charge in [-0.2, -0.15) is 0 Å². The van der Waals surface area contributed by atoms with Crippen LogP contribution in [0.3, 0.4) is 0 Å².